The summed E-state index contributed by atoms with van der Waals surface area (Å²) in [6, 6.07) is 5.25. The highest BCUT2D eigenvalue weighted by Crippen LogP contribution is 2.20. The number of hydrogen-bond donors (Lipinski definition) is 1. The molecule has 2 N–H and O–H groups in total. The normalized spacial score (nSPS) is 12.0. The van der Waals surface area contributed by atoms with E-state index in [9.17, 15) is 8.42 Å². The lowest BCUT2D eigenvalue weighted by molar-refractivity contribution is 0.395. The van der Waals surface area contributed by atoms with Crippen LogP contribution in [-0.4, -0.2) is 25.8 Å². The summed E-state index contributed by atoms with van der Waals surface area (Å²) in [7, 11) is -3.42. The topological polar surface area (TPSA) is 63.4 Å². The molecule has 21 heavy (non-hydrogen) atoms. The summed E-state index contributed by atoms with van der Waals surface area (Å²) in [5.41, 5.74) is 7.61. The van der Waals surface area contributed by atoms with Gasteiger partial charge in [-0.3, -0.25) is 0 Å². The quantitative estimate of drug-likeness (QED) is 0.762. The fourth-order valence-electron chi connectivity index (χ4n) is 2.20. The van der Waals surface area contributed by atoms with Crippen LogP contribution in [0.5, 0.6) is 0 Å². The van der Waals surface area contributed by atoms with E-state index in [2.05, 4.69) is 13.8 Å². The van der Waals surface area contributed by atoms with Crippen LogP contribution in [0.25, 0.3) is 0 Å². The molecular weight excluding hydrogens is 284 g/mol. The largest absolute Gasteiger partial charge is 0.326 e. The predicted octanol–water partition coefficient (Wildman–Crippen LogP) is 3.04. The zero-order chi connectivity index (χ0) is 15.9. The van der Waals surface area contributed by atoms with E-state index in [0.29, 0.717) is 24.5 Å². The molecule has 120 valence electrons. The van der Waals surface area contributed by atoms with E-state index in [1.165, 1.54) is 0 Å². The van der Waals surface area contributed by atoms with E-state index in [1.807, 2.05) is 13.0 Å². The first kappa shape index (κ1) is 18.1. The highest BCUT2D eigenvalue weighted by atomic mass is 32.2. The average molecular weight is 312 g/mol. The second kappa shape index (κ2) is 8.51. The SMILES string of the molecule is CCCCN(CCCC)S(=O)(=O)c1ccc(C)c(CN)c1. The number of hydrogen-bond acceptors (Lipinski definition) is 3. The van der Waals surface area contributed by atoms with Crippen molar-refractivity contribution in [3.8, 4) is 0 Å². The first-order valence-electron chi connectivity index (χ1n) is 7.77. The van der Waals surface area contributed by atoms with Crippen molar-refractivity contribution >= 4 is 10.0 Å². The van der Waals surface area contributed by atoms with Gasteiger partial charge in [-0.2, -0.15) is 4.31 Å². The maximum atomic E-state index is 12.8. The Balaban J connectivity index is 3.08. The Morgan fingerprint density at radius 2 is 1.67 bits per heavy atom. The van der Waals surface area contributed by atoms with E-state index < -0.39 is 10.0 Å². The predicted molar refractivity (Wildman–Crippen MR) is 87.6 cm³/mol. The zero-order valence-corrected chi connectivity index (χ0v) is 14.2. The molecule has 1 aromatic rings. The second-order valence-corrected chi connectivity index (χ2v) is 7.34. The maximum absolute atomic E-state index is 12.8. The fourth-order valence-corrected chi connectivity index (χ4v) is 3.77. The van der Waals surface area contributed by atoms with Gasteiger partial charge in [0.1, 0.15) is 0 Å². The average Bonchev–Trinajstić information content (AvgIpc) is 2.47. The van der Waals surface area contributed by atoms with Crippen molar-refractivity contribution in [1.29, 1.82) is 0 Å². The minimum Gasteiger partial charge on any atom is -0.326 e. The summed E-state index contributed by atoms with van der Waals surface area (Å²) >= 11 is 0. The van der Waals surface area contributed by atoms with E-state index in [4.69, 9.17) is 5.73 Å². The van der Waals surface area contributed by atoms with Gasteiger partial charge >= 0.3 is 0 Å². The Labute approximate surface area is 129 Å². The molecule has 0 radical (unpaired) electrons. The van der Waals surface area contributed by atoms with Crippen molar-refractivity contribution in [3.63, 3.8) is 0 Å². The molecule has 0 amide bonds. The van der Waals surface area contributed by atoms with Crippen LogP contribution in [0.1, 0.15) is 50.7 Å². The Morgan fingerprint density at radius 1 is 1.10 bits per heavy atom. The Bertz CT molecular complexity index is 533. The van der Waals surface area contributed by atoms with Crippen molar-refractivity contribution in [3.05, 3.63) is 29.3 Å². The molecule has 5 heteroatoms. The van der Waals surface area contributed by atoms with Gasteiger partial charge in [0, 0.05) is 19.6 Å². The Kier molecular flexibility index (Phi) is 7.35. The highest BCUT2D eigenvalue weighted by molar-refractivity contribution is 7.89. The monoisotopic (exact) mass is 312 g/mol. The van der Waals surface area contributed by atoms with Gasteiger partial charge in [-0.25, -0.2) is 8.42 Å². The molecule has 0 saturated carbocycles. The van der Waals surface area contributed by atoms with Crippen molar-refractivity contribution in [1.82, 2.24) is 4.31 Å². The highest BCUT2D eigenvalue weighted by Gasteiger charge is 2.23. The van der Waals surface area contributed by atoms with E-state index in [1.54, 1.807) is 16.4 Å². The number of aryl methyl sites for hydroxylation is 1. The lowest BCUT2D eigenvalue weighted by atomic mass is 10.1. The Morgan fingerprint density at radius 3 is 2.14 bits per heavy atom. The van der Waals surface area contributed by atoms with Crippen LogP contribution in [-0.2, 0) is 16.6 Å². The van der Waals surface area contributed by atoms with Crippen LogP contribution in [0.2, 0.25) is 0 Å². The van der Waals surface area contributed by atoms with Gasteiger partial charge in [-0.1, -0.05) is 32.8 Å². The summed E-state index contributed by atoms with van der Waals surface area (Å²) in [6.07, 6.45) is 3.75. The molecule has 0 unspecified atom stereocenters. The molecule has 0 atom stereocenters. The third-order valence-corrected chi connectivity index (χ3v) is 5.60. The van der Waals surface area contributed by atoms with Gasteiger partial charge in [-0.15, -0.1) is 0 Å². The third-order valence-electron chi connectivity index (χ3n) is 3.70. The molecule has 4 nitrogen and oxygen atoms in total. The molecular formula is C16H28N2O2S. The van der Waals surface area contributed by atoms with Crippen molar-refractivity contribution in [2.45, 2.75) is 57.9 Å². The molecule has 0 spiro atoms. The summed E-state index contributed by atoms with van der Waals surface area (Å²) in [4.78, 5) is 0.362. The standard InChI is InChI=1S/C16H28N2O2S/c1-4-6-10-18(11-7-5-2)21(19,20)16-9-8-14(3)15(12-16)13-17/h8-9,12H,4-7,10-11,13,17H2,1-3H3. The number of sulfonamides is 1. The van der Waals surface area contributed by atoms with Crippen LogP contribution in [0, 0.1) is 6.92 Å². The first-order chi connectivity index (χ1) is 9.97. The van der Waals surface area contributed by atoms with Crippen molar-refractivity contribution in [2.24, 2.45) is 5.73 Å². The number of rotatable bonds is 9. The number of nitrogens with zero attached hydrogens (tertiary/aromatic N) is 1. The molecule has 0 bridgehead atoms. The van der Waals surface area contributed by atoms with Crippen LogP contribution in [0.4, 0.5) is 0 Å². The Hall–Kier alpha value is -0.910. The van der Waals surface area contributed by atoms with Gasteiger partial charge in [-0.05, 0) is 43.0 Å². The third kappa shape index (κ3) is 4.80. The van der Waals surface area contributed by atoms with Crippen LogP contribution >= 0.6 is 0 Å². The molecule has 0 aliphatic heterocycles. The smallest absolute Gasteiger partial charge is 0.243 e. The second-order valence-electron chi connectivity index (χ2n) is 5.40. The fraction of sp³-hybridized carbons (Fsp3) is 0.625. The van der Waals surface area contributed by atoms with E-state index in [-0.39, 0.29) is 0 Å². The minimum absolute atomic E-state index is 0.360. The molecule has 0 aromatic heterocycles. The maximum Gasteiger partial charge on any atom is 0.243 e. The van der Waals surface area contributed by atoms with Gasteiger partial charge in [0.25, 0.3) is 0 Å². The minimum atomic E-state index is -3.42. The molecule has 1 aromatic carbocycles. The van der Waals surface area contributed by atoms with Gasteiger partial charge < -0.3 is 5.73 Å². The van der Waals surface area contributed by atoms with Crippen LogP contribution < -0.4 is 5.73 Å². The van der Waals surface area contributed by atoms with Crippen LogP contribution in [0.3, 0.4) is 0 Å². The van der Waals surface area contributed by atoms with E-state index in [0.717, 1.165) is 36.8 Å². The molecule has 0 aliphatic carbocycles. The van der Waals surface area contributed by atoms with E-state index >= 15 is 0 Å². The molecule has 0 aliphatic rings. The van der Waals surface area contributed by atoms with Crippen molar-refractivity contribution < 1.29 is 8.42 Å². The molecule has 1 rings (SSSR count). The number of benzene rings is 1. The summed E-state index contributed by atoms with van der Waals surface area (Å²) in [5.74, 6) is 0. The summed E-state index contributed by atoms with van der Waals surface area (Å²) in [5, 5.41) is 0. The van der Waals surface area contributed by atoms with Crippen LogP contribution in [0.15, 0.2) is 23.1 Å². The molecule has 0 saturated heterocycles. The van der Waals surface area contributed by atoms with Gasteiger partial charge in [0.2, 0.25) is 10.0 Å². The summed E-state index contributed by atoms with van der Waals surface area (Å²) in [6.45, 7) is 7.63. The number of nitrogens with two attached hydrogens (primary N) is 1. The van der Waals surface area contributed by atoms with Gasteiger partial charge in [0.15, 0.2) is 0 Å². The van der Waals surface area contributed by atoms with Crippen molar-refractivity contribution in [2.75, 3.05) is 13.1 Å². The van der Waals surface area contributed by atoms with Gasteiger partial charge in [0.05, 0.1) is 4.90 Å². The molecule has 0 fully saturated rings. The first-order valence-corrected chi connectivity index (χ1v) is 9.21. The molecule has 0 heterocycles. The summed E-state index contributed by atoms with van der Waals surface area (Å²) < 4.78 is 27.2. The lowest BCUT2D eigenvalue weighted by Crippen LogP contribution is -2.33. The lowest BCUT2D eigenvalue weighted by Gasteiger charge is -2.22. The number of unbranched alkanes of at least 4 members (excludes halogenated alkanes) is 2. The zero-order valence-electron chi connectivity index (χ0n) is 13.4.